The predicted octanol–water partition coefficient (Wildman–Crippen LogP) is 1.21. The molecule has 2 atom stereocenters. The normalized spacial score (nSPS) is 23.1. The Hall–Kier alpha value is -1.29. The van der Waals surface area contributed by atoms with Crippen molar-refractivity contribution in [2.75, 3.05) is 13.1 Å². The van der Waals surface area contributed by atoms with E-state index in [9.17, 15) is 4.79 Å². The van der Waals surface area contributed by atoms with Crippen LogP contribution < -0.4 is 5.73 Å². The summed E-state index contributed by atoms with van der Waals surface area (Å²) in [6.07, 6.45) is 3.96. The van der Waals surface area contributed by atoms with Gasteiger partial charge in [-0.2, -0.15) is 0 Å². The quantitative estimate of drug-likeness (QED) is 0.788. The molecule has 1 aromatic heterocycles. The van der Waals surface area contributed by atoms with Crippen LogP contribution in [0.25, 0.3) is 0 Å². The zero-order valence-corrected chi connectivity index (χ0v) is 9.65. The van der Waals surface area contributed by atoms with Gasteiger partial charge in [-0.25, -0.2) is 0 Å². The van der Waals surface area contributed by atoms with Crippen molar-refractivity contribution in [2.45, 2.75) is 25.8 Å². The second-order valence-corrected chi connectivity index (χ2v) is 4.60. The summed E-state index contributed by atoms with van der Waals surface area (Å²) < 4.78 is 0. The monoisotopic (exact) mass is 221 g/mol. The first-order chi connectivity index (χ1) is 7.68. The molecule has 4 nitrogen and oxygen atoms in total. The molecule has 4 heteroatoms. The SMILES string of the molecule is CC(N)C1CCCN(C(=O)c2ccc[nH]2)C1. The minimum Gasteiger partial charge on any atom is -0.357 e. The van der Waals surface area contributed by atoms with Crippen molar-refractivity contribution in [1.29, 1.82) is 0 Å². The van der Waals surface area contributed by atoms with E-state index >= 15 is 0 Å². The first-order valence-electron chi connectivity index (χ1n) is 5.86. The molecule has 0 aromatic carbocycles. The van der Waals surface area contributed by atoms with Crippen LogP contribution in [0.5, 0.6) is 0 Å². The maximum atomic E-state index is 12.1. The molecule has 3 N–H and O–H groups in total. The van der Waals surface area contributed by atoms with Crippen LogP contribution in [0.3, 0.4) is 0 Å². The van der Waals surface area contributed by atoms with Gasteiger partial charge in [-0.1, -0.05) is 0 Å². The van der Waals surface area contributed by atoms with E-state index in [1.807, 2.05) is 24.0 Å². The lowest BCUT2D eigenvalue weighted by Crippen LogP contribution is -2.45. The Balaban J connectivity index is 2.02. The molecule has 0 saturated carbocycles. The van der Waals surface area contributed by atoms with E-state index in [4.69, 9.17) is 5.73 Å². The summed E-state index contributed by atoms with van der Waals surface area (Å²) in [5.74, 6) is 0.531. The van der Waals surface area contributed by atoms with Crippen LogP contribution in [0.1, 0.15) is 30.3 Å². The van der Waals surface area contributed by atoms with E-state index in [0.717, 1.165) is 25.9 Å². The number of hydrogen-bond donors (Lipinski definition) is 2. The van der Waals surface area contributed by atoms with Gasteiger partial charge in [-0.05, 0) is 37.8 Å². The molecule has 0 radical (unpaired) electrons. The second-order valence-electron chi connectivity index (χ2n) is 4.60. The lowest BCUT2D eigenvalue weighted by Gasteiger charge is -2.34. The van der Waals surface area contributed by atoms with E-state index < -0.39 is 0 Å². The number of nitrogens with one attached hydrogen (secondary N) is 1. The maximum absolute atomic E-state index is 12.1. The van der Waals surface area contributed by atoms with Gasteiger partial charge in [-0.3, -0.25) is 4.79 Å². The highest BCUT2D eigenvalue weighted by Crippen LogP contribution is 2.20. The highest BCUT2D eigenvalue weighted by molar-refractivity contribution is 5.92. The maximum Gasteiger partial charge on any atom is 0.270 e. The van der Waals surface area contributed by atoms with Crippen molar-refractivity contribution in [1.82, 2.24) is 9.88 Å². The summed E-state index contributed by atoms with van der Waals surface area (Å²) in [4.78, 5) is 16.9. The van der Waals surface area contributed by atoms with Crippen LogP contribution in [-0.2, 0) is 0 Å². The van der Waals surface area contributed by atoms with Gasteiger partial charge in [0, 0.05) is 25.3 Å². The summed E-state index contributed by atoms with van der Waals surface area (Å²) in [5, 5.41) is 0. The molecule has 1 aliphatic rings. The third-order valence-corrected chi connectivity index (χ3v) is 3.32. The van der Waals surface area contributed by atoms with Crippen molar-refractivity contribution in [3.63, 3.8) is 0 Å². The Morgan fingerprint density at radius 3 is 3.12 bits per heavy atom. The molecule has 1 saturated heterocycles. The molecule has 1 aliphatic heterocycles. The molecule has 0 aliphatic carbocycles. The number of aromatic nitrogens is 1. The zero-order valence-electron chi connectivity index (χ0n) is 9.65. The van der Waals surface area contributed by atoms with Gasteiger partial charge in [0.1, 0.15) is 5.69 Å². The number of aromatic amines is 1. The van der Waals surface area contributed by atoms with Crippen molar-refractivity contribution in [3.05, 3.63) is 24.0 Å². The van der Waals surface area contributed by atoms with Crippen LogP contribution >= 0.6 is 0 Å². The van der Waals surface area contributed by atoms with Crippen LogP contribution in [0, 0.1) is 5.92 Å². The average Bonchev–Trinajstić information content (AvgIpc) is 2.81. The van der Waals surface area contributed by atoms with Gasteiger partial charge < -0.3 is 15.6 Å². The number of likely N-dealkylation sites (tertiary alicyclic amines) is 1. The molecule has 2 rings (SSSR count). The molecule has 1 aromatic rings. The van der Waals surface area contributed by atoms with Crippen LogP contribution in [-0.4, -0.2) is 34.9 Å². The minimum absolute atomic E-state index is 0.0929. The van der Waals surface area contributed by atoms with Crippen molar-refractivity contribution in [2.24, 2.45) is 11.7 Å². The largest absolute Gasteiger partial charge is 0.357 e. The molecular weight excluding hydrogens is 202 g/mol. The van der Waals surface area contributed by atoms with E-state index in [-0.39, 0.29) is 11.9 Å². The van der Waals surface area contributed by atoms with Crippen molar-refractivity contribution in [3.8, 4) is 0 Å². The molecule has 0 spiro atoms. The number of H-pyrrole nitrogens is 1. The van der Waals surface area contributed by atoms with E-state index in [1.165, 1.54) is 0 Å². The fourth-order valence-corrected chi connectivity index (χ4v) is 2.26. The molecule has 2 heterocycles. The standard InChI is InChI=1S/C12H19N3O/c1-9(13)10-4-3-7-15(8-10)12(16)11-5-2-6-14-11/h2,5-6,9-10,14H,3-4,7-8,13H2,1H3. The summed E-state index contributed by atoms with van der Waals surface area (Å²) in [7, 11) is 0. The highest BCUT2D eigenvalue weighted by Gasteiger charge is 2.26. The van der Waals surface area contributed by atoms with E-state index in [1.54, 1.807) is 6.20 Å². The van der Waals surface area contributed by atoms with Gasteiger partial charge >= 0.3 is 0 Å². The lowest BCUT2D eigenvalue weighted by atomic mass is 9.92. The van der Waals surface area contributed by atoms with Crippen LogP contribution in [0.15, 0.2) is 18.3 Å². The number of piperidine rings is 1. The second kappa shape index (κ2) is 4.70. The van der Waals surface area contributed by atoms with Gasteiger partial charge in [0.15, 0.2) is 0 Å². The van der Waals surface area contributed by atoms with Gasteiger partial charge in [0.25, 0.3) is 5.91 Å². The van der Waals surface area contributed by atoms with Gasteiger partial charge in [0.2, 0.25) is 0 Å². The molecule has 2 unspecified atom stereocenters. The Morgan fingerprint density at radius 1 is 1.69 bits per heavy atom. The summed E-state index contributed by atoms with van der Waals surface area (Å²) in [5.41, 5.74) is 6.57. The van der Waals surface area contributed by atoms with Crippen molar-refractivity contribution < 1.29 is 4.79 Å². The number of amides is 1. The number of carbonyl (C=O) groups excluding carboxylic acids is 1. The van der Waals surface area contributed by atoms with Gasteiger partial charge in [0.05, 0.1) is 0 Å². The predicted molar refractivity (Wildman–Crippen MR) is 63.1 cm³/mol. The fourth-order valence-electron chi connectivity index (χ4n) is 2.26. The fraction of sp³-hybridized carbons (Fsp3) is 0.583. The molecule has 16 heavy (non-hydrogen) atoms. The Morgan fingerprint density at radius 2 is 2.50 bits per heavy atom. The highest BCUT2D eigenvalue weighted by atomic mass is 16.2. The van der Waals surface area contributed by atoms with Gasteiger partial charge in [-0.15, -0.1) is 0 Å². The smallest absolute Gasteiger partial charge is 0.270 e. The van der Waals surface area contributed by atoms with E-state index in [0.29, 0.717) is 11.6 Å². The molecule has 1 fully saturated rings. The first-order valence-corrected chi connectivity index (χ1v) is 5.86. The van der Waals surface area contributed by atoms with Crippen LogP contribution in [0.4, 0.5) is 0 Å². The number of carbonyl (C=O) groups is 1. The summed E-state index contributed by atoms with van der Waals surface area (Å²) in [6, 6.07) is 3.83. The van der Waals surface area contributed by atoms with Crippen molar-refractivity contribution >= 4 is 5.91 Å². The topological polar surface area (TPSA) is 62.1 Å². The number of nitrogens with zero attached hydrogens (tertiary/aromatic N) is 1. The first kappa shape index (κ1) is 11.2. The zero-order chi connectivity index (χ0) is 11.5. The number of rotatable bonds is 2. The number of nitrogens with two attached hydrogens (primary N) is 1. The third kappa shape index (κ3) is 2.27. The summed E-state index contributed by atoms with van der Waals surface area (Å²) >= 11 is 0. The molecular formula is C12H19N3O. The molecule has 0 bridgehead atoms. The van der Waals surface area contributed by atoms with Crippen LogP contribution in [0.2, 0.25) is 0 Å². The third-order valence-electron chi connectivity index (χ3n) is 3.32. The average molecular weight is 221 g/mol. The number of hydrogen-bond acceptors (Lipinski definition) is 2. The lowest BCUT2D eigenvalue weighted by molar-refractivity contribution is 0.0655. The van der Waals surface area contributed by atoms with E-state index in [2.05, 4.69) is 4.98 Å². The molecule has 88 valence electrons. The summed E-state index contributed by atoms with van der Waals surface area (Å²) in [6.45, 7) is 3.66. The molecule has 1 amide bonds. The Labute approximate surface area is 95.8 Å². The minimum atomic E-state index is 0.0929. The Kier molecular flexibility index (Phi) is 3.29. The Bertz CT molecular complexity index is 345.